The Kier molecular flexibility index (Phi) is 5.86. The number of carbonyl (C=O) groups excluding carboxylic acids is 1. The molecule has 148 valence electrons. The minimum Gasteiger partial charge on any atom is -0.478 e. The second kappa shape index (κ2) is 8.34. The van der Waals surface area contributed by atoms with Crippen LogP contribution in [0, 0.1) is 0 Å². The average Bonchev–Trinajstić information content (AvgIpc) is 2.68. The quantitative estimate of drug-likeness (QED) is 0.545. The molecule has 0 aliphatic carbocycles. The molecule has 0 heterocycles. The molecule has 29 heavy (non-hydrogen) atoms. The van der Waals surface area contributed by atoms with Crippen molar-refractivity contribution in [3.05, 3.63) is 88.9 Å². The minimum absolute atomic E-state index is 0.0557. The lowest BCUT2D eigenvalue weighted by Gasteiger charge is -2.12. The van der Waals surface area contributed by atoms with E-state index >= 15 is 0 Å². The van der Waals surface area contributed by atoms with Crippen molar-refractivity contribution in [2.45, 2.75) is 4.90 Å². The molecule has 0 radical (unpaired) electrons. The number of rotatable bonds is 6. The Labute approximate surface area is 172 Å². The number of benzene rings is 3. The molecule has 7 nitrogen and oxygen atoms in total. The zero-order valence-electron chi connectivity index (χ0n) is 14.8. The number of anilines is 2. The molecule has 0 fully saturated rings. The Balaban J connectivity index is 1.89. The monoisotopic (exact) mass is 430 g/mol. The Hall–Kier alpha value is -3.36. The molecule has 3 N–H and O–H groups in total. The van der Waals surface area contributed by atoms with Gasteiger partial charge in [0.25, 0.3) is 15.9 Å². The van der Waals surface area contributed by atoms with Gasteiger partial charge in [-0.15, -0.1) is 0 Å². The van der Waals surface area contributed by atoms with Gasteiger partial charge in [-0.1, -0.05) is 35.9 Å². The van der Waals surface area contributed by atoms with Gasteiger partial charge in [0.15, 0.2) is 0 Å². The Bertz CT molecular complexity index is 1180. The number of carboxylic acids is 1. The van der Waals surface area contributed by atoms with Gasteiger partial charge in [0, 0.05) is 16.9 Å². The molecular weight excluding hydrogens is 416 g/mol. The maximum atomic E-state index is 12.8. The molecule has 3 aromatic carbocycles. The Morgan fingerprint density at radius 3 is 2.21 bits per heavy atom. The van der Waals surface area contributed by atoms with Crippen LogP contribution in [0.2, 0.25) is 5.02 Å². The summed E-state index contributed by atoms with van der Waals surface area (Å²) in [4.78, 5) is 23.2. The summed E-state index contributed by atoms with van der Waals surface area (Å²) in [6.45, 7) is 0. The number of halogens is 1. The summed E-state index contributed by atoms with van der Waals surface area (Å²) in [6, 6.07) is 17.9. The van der Waals surface area contributed by atoms with Crippen molar-refractivity contribution in [3.63, 3.8) is 0 Å². The SMILES string of the molecule is O=C(O)c1cccc(NS(=O)(=O)c2cc(C(=O)Nc3ccccc3)ccc2Cl)c1. The number of carbonyl (C=O) groups is 2. The highest BCUT2D eigenvalue weighted by atomic mass is 35.5. The molecule has 0 unspecified atom stereocenters. The predicted octanol–water partition coefficient (Wildman–Crippen LogP) is 4.09. The van der Waals surface area contributed by atoms with Crippen molar-refractivity contribution < 1.29 is 23.1 Å². The first-order valence-electron chi connectivity index (χ1n) is 8.28. The van der Waals surface area contributed by atoms with Crippen molar-refractivity contribution in [2.24, 2.45) is 0 Å². The fourth-order valence-corrected chi connectivity index (χ4v) is 4.08. The van der Waals surface area contributed by atoms with Crippen LogP contribution in [0.1, 0.15) is 20.7 Å². The number of aromatic carboxylic acids is 1. The van der Waals surface area contributed by atoms with Crippen molar-refractivity contribution in [2.75, 3.05) is 10.0 Å². The van der Waals surface area contributed by atoms with E-state index in [4.69, 9.17) is 16.7 Å². The first kappa shape index (κ1) is 20.4. The highest BCUT2D eigenvalue weighted by molar-refractivity contribution is 7.92. The molecule has 0 bridgehead atoms. The first-order valence-corrected chi connectivity index (χ1v) is 10.1. The van der Waals surface area contributed by atoms with Crippen molar-refractivity contribution >= 4 is 44.9 Å². The van der Waals surface area contributed by atoms with Gasteiger partial charge in [0.05, 0.1) is 10.6 Å². The average molecular weight is 431 g/mol. The van der Waals surface area contributed by atoms with Gasteiger partial charge in [-0.2, -0.15) is 0 Å². The van der Waals surface area contributed by atoms with E-state index < -0.39 is 21.9 Å². The van der Waals surface area contributed by atoms with Crippen LogP contribution in [0.3, 0.4) is 0 Å². The molecular formula is C20H15ClN2O5S. The third-order valence-electron chi connectivity index (χ3n) is 3.88. The highest BCUT2D eigenvalue weighted by Gasteiger charge is 2.21. The van der Waals surface area contributed by atoms with Gasteiger partial charge in [0.2, 0.25) is 0 Å². The molecule has 3 rings (SSSR count). The molecule has 0 spiro atoms. The summed E-state index contributed by atoms with van der Waals surface area (Å²) in [6.07, 6.45) is 0. The minimum atomic E-state index is -4.17. The van der Waals surface area contributed by atoms with E-state index in [0.717, 1.165) is 6.07 Å². The molecule has 9 heteroatoms. The lowest BCUT2D eigenvalue weighted by atomic mass is 10.2. The smallest absolute Gasteiger partial charge is 0.335 e. The summed E-state index contributed by atoms with van der Waals surface area (Å²) >= 11 is 6.05. The van der Waals surface area contributed by atoms with E-state index in [9.17, 15) is 18.0 Å². The number of carboxylic acid groups (broad SMARTS) is 1. The summed E-state index contributed by atoms with van der Waals surface area (Å²) in [7, 11) is -4.17. The van der Waals surface area contributed by atoms with E-state index in [-0.39, 0.29) is 26.7 Å². The highest BCUT2D eigenvalue weighted by Crippen LogP contribution is 2.26. The second-order valence-electron chi connectivity index (χ2n) is 5.96. The number of hydrogen-bond donors (Lipinski definition) is 3. The van der Waals surface area contributed by atoms with E-state index in [1.54, 1.807) is 30.3 Å². The summed E-state index contributed by atoms with van der Waals surface area (Å²) in [5, 5.41) is 11.6. The molecule has 0 aliphatic heterocycles. The molecule has 0 saturated heterocycles. The number of nitrogens with one attached hydrogen (secondary N) is 2. The largest absolute Gasteiger partial charge is 0.478 e. The first-order chi connectivity index (χ1) is 13.8. The Morgan fingerprint density at radius 1 is 0.828 bits per heavy atom. The van der Waals surface area contributed by atoms with E-state index in [1.807, 2.05) is 0 Å². The van der Waals surface area contributed by atoms with Crippen LogP contribution < -0.4 is 10.0 Å². The van der Waals surface area contributed by atoms with Crippen LogP contribution in [0.15, 0.2) is 77.7 Å². The normalized spacial score (nSPS) is 10.9. The van der Waals surface area contributed by atoms with Gasteiger partial charge >= 0.3 is 5.97 Å². The van der Waals surface area contributed by atoms with Crippen LogP contribution in [-0.2, 0) is 10.0 Å². The molecule has 1 amide bonds. The molecule has 0 saturated carbocycles. The van der Waals surface area contributed by atoms with Crippen molar-refractivity contribution in [3.8, 4) is 0 Å². The second-order valence-corrected chi connectivity index (χ2v) is 8.01. The molecule has 0 atom stereocenters. The predicted molar refractivity (Wildman–Crippen MR) is 110 cm³/mol. The number of hydrogen-bond acceptors (Lipinski definition) is 4. The van der Waals surface area contributed by atoms with Gasteiger partial charge in [-0.05, 0) is 48.5 Å². The fraction of sp³-hybridized carbons (Fsp3) is 0. The third-order valence-corrected chi connectivity index (χ3v) is 5.74. The van der Waals surface area contributed by atoms with Crippen LogP contribution >= 0.6 is 11.6 Å². The standard InChI is InChI=1S/C20H15ClN2O5S/c21-17-10-9-13(19(24)22-15-6-2-1-3-7-15)12-18(17)29(27,28)23-16-8-4-5-14(11-16)20(25)26/h1-12,23H,(H,22,24)(H,25,26). The van der Waals surface area contributed by atoms with Crippen LogP contribution in [0.25, 0.3) is 0 Å². The topological polar surface area (TPSA) is 113 Å². The van der Waals surface area contributed by atoms with Gasteiger partial charge < -0.3 is 10.4 Å². The number of sulfonamides is 1. The van der Waals surface area contributed by atoms with E-state index in [2.05, 4.69) is 10.0 Å². The summed E-state index contributed by atoms with van der Waals surface area (Å²) in [5.41, 5.74) is 0.630. The van der Waals surface area contributed by atoms with E-state index in [0.29, 0.717) is 5.69 Å². The van der Waals surface area contributed by atoms with Crippen LogP contribution in [0.4, 0.5) is 11.4 Å². The molecule has 0 aliphatic rings. The van der Waals surface area contributed by atoms with Crippen LogP contribution in [0.5, 0.6) is 0 Å². The lowest BCUT2D eigenvalue weighted by molar-refractivity contribution is 0.0696. The van der Waals surface area contributed by atoms with E-state index in [1.165, 1.54) is 36.4 Å². The maximum Gasteiger partial charge on any atom is 0.335 e. The number of para-hydroxylation sites is 1. The van der Waals surface area contributed by atoms with Gasteiger partial charge in [-0.3, -0.25) is 9.52 Å². The molecule has 0 aromatic heterocycles. The van der Waals surface area contributed by atoms with Crippen LogP contribution in [-0.4, -0.2) is 25.4 Å². The van der Waals surface area contributed by atoms with Crippen molar-refractivity contribution in [1.82, 2.24) is 0 Å². The zero-order chi connectivity index (χ0) is 21.0. The Morgan fingerprint density at radius 2 is 1.52 bits per heavy atom. The lowest BCUT2D eigenvalue weighted by Crippen LogP contribution is -2.16. The fourth-order valence-electron chi connectivity index (χ4n) is 2.50. The van der Waals surface area contributed by atoms with Gasteiger partial charge in [-0.25, -0.2) is 13.2 Å². The zero-order valence-corrected chi connectivity index (χ0v) is 16.4. The molecule has 3 aromatic rings. The van der Waals surface area contributed by atoms with Gasteiger partial charge in [0.1, 0.15) is 4.90 Å². The maximum absolute atomic E-state index is 12.8. The summed E-state index contributed by atoms with van der Waals surface area (Å²) < 4.78 is 27.8. The third kappa shape index (κ3) is 4.92. The summed E-state index contributed by atoms with van der Waals surface area (Å²) in [5.74, 6) is -1.69. The van der Waals surface area contributed by atoms with Crippen molar-refractivity contribution in [1.29, 1.82) is 0 Å². The number of amides is 1.